The van der Waals surface area contributed by atoms with E-state index in [-0.39, 0.29) is 6.42 Å². The topological polar surface area (TPSA) is 80.7 Å². The molecule has 2 aromatic carbocycles. The third-order valence-electron chi connectivity index (χ3n) is 6.66. The van der Waals surface area contributed by atoms with Gasteiger partial charge in [0.15, 0.2) is 0 Å². The van der Waals surface area contributed by atoms with E-state index in [1.54, 1.807) is 48.5 Å². The molecule has 34 heavy (non-hydrogen) atoms. The van der Waals surface area contributed by atoms with Crippen LogP contribution in [0.15, 0.2) is 48.5 Å². The van der Waals surface area contributed by atoms with Gasteiger partial charge in [0, 0.05) is 11.8 Å². The van der Waals surface area contributed by atoms with Crippen molar-refractivity contribution in [1.82, 2.24) is 0 Å². The summed E-state index contributed by atoms with van der Waals surface area (Å²) in [5.74, 6) is -6.19. The lowest BCUT2D eigenvalue weighted by molar-refractivity contribution is -0.363. The number of carbonyl (C=O) groups excluding carboxylic acids is 1. The normalized spacial score (nSPS) is 24.4. The monoisotopic (exact) mass is 508 g/mol. The van der Waals surface area contributed by atoms with Crippen molar-refractivity contribution in [1.29, 1.82) is 0 Å². The maximum absolute atomic E-state index is 13.7. The largest absolute Gasteiger partial charge is 0.438 e. The molecule has 2 aromatic rings. The lowest BCUT2D eigenvalue weighted by Crippen LogP contribution is -2.65. The Morgan fingerprint density at radius 1 is 0.941 bits per heavy atom. The molecule has 0 saturated carbocycles. The molecule has 0 radical (unpaired) electrons. The van der Waals surface area contributed by atoms with E-state index in [9.17, 15) is 39.6 Å². The highest BCUT2D eigenvalue weighted by molar-refractivity contribution is 7.85. The van der Waals surface area contributed by atoms with Crippen LogP contribution >= 0.6 is 0 Å². The average Bonchev–Trinajstić information content (AvgIpc) is 2.70. The number of halogens is 6. The first-order chi connectivity index (χ1) is 15.5. The van der Waals surface area contributed by atoms with Gasteiger partial charge in [-0.05, 0) is 35.6 Å². The molecule has 12 heteroatoms. The van der Waals surface area contributed by atoms with Gasteiger partial charge in [-0.3, -0.25) is 9.35 Å². The summed E-state index contributed by atoms with van der Waals surface area (Å²) in [5, 5.41) is 0. The summed E-state index contributed by atoms with van der Waals surface area (Å²) in [4.78, 5) is 13.2. The summed E-state index contributed by atoms with van der Waals surface area (Å²) in [7, 11) is -5.87. The van der Waals surface area contributed by atoms with Gasteiger partial charge in [0.2, 0.25) is 0 Å². The molecule has 184 valence electrons. The molecule has 3 aliphatic carbocycles. The van der Waals surface area contributed by atoms with E-state index < -0.39 is 57.0 Å². The van der Waals surface area contributed by atoms with Crippen LogP contribution in [0.3, 0.4) is 0 Å². The standard InChI is InChI=1S/C22H18F6O5S/c1-19(18(29)33-20(21(23,24)25,22(26,27)28)11-34(30,31)32)10-16-12-6-2-4-8-14(12)17(19)15-9-5-3-7-13(15)16/h2-9,16-17H,10-11H2,1H3,(H,30,31,32). The molecule has 2 bridgehead atoms. The molecule has 0 amide bonds. The third kappa shape index (κ3) is 3.58. The van der Waals surface area contributed by atoms with Gasteiger partial charge in [0.05, 0.1) is 5.41 Å². The van der Waals surface area contributed by atoms with E-state index in [0.29, 0.717) is 11.1 Å². The fourth-order valence-corrected chi connectivity index (χ4v) is 6.07. The first-order valence-electron chi connectivity index (χ1n) is 10.0. The van der Waals surface area contributed by atoms with Crippen molar-refractivity contribution in [3.8, 4) is 0 Å². The Hall–Kier alpha value is -2.60. The molecule has 3 aliphatic rings. The highest BCUT2D eigenvalue weighted by Gasteiger charge is 2.76. The summed E-state index contributed by atoms with van der Waals surface area (Å²) < 4.78 is 118. The molecule has 0 heterocycles. The third-order valence-corrected chi connectivity index (χ3v) is 7.44. The van der Waals surface area contributed by atoms with Crippen molar-refractivity contribution in [3.63, 3.8) is 0 Å². The van der Waals surface area contributed by atoms with Crippen molar-refractivity contribution in [2.24, 2.45) is 5.41 Å². The minimum Gasteiger partial charge on any atom is -0.438 e. The molecular formula is C22H18F6O5S. The van der Waals surface area contributed by atoms with Crippen LogP contribution in [0.25, 0.3) is 0 Å². The fraction of sp³-hybridized carbons (Fsp3) is 0.409. The minimum absolute atomic E-state index is 0.151. The summed E-state index contributed by atoms with van der Waals surface area (Å²) >= 11 is 0. The molecule has 0 spiro atoms. The van der Waals surface area contributed by atoms with Crippen molar-refractivity contribution in [2.45, 2.75) is 43.1 Å². The van der Waals surface area contributed by atoms with Crippen molar-refractivity contribution in [2.75, 3.05) is 5.75 Å². The van der Waals surface area contributed by atoms with Gasteiger partial charge in [0.25, 0.3) is 10.1 Å². The molecule has 0 saturated heterocycles. The maximum atomic E-state index is 13.7. The van der Waals surface area contributed by atoms with Crippen LogP contribution in [-0.2, 0) is 19.6 Å². The molecule has 5 nitrogen and oxygen atoms in total. The van der Waals surface area contributed by atoms with Crippen LogP contribution in [-0.4, -0.2) is 42.6 Å². The zero-order chi connectivity index (χ0) is 25.3. The summed E-state index contributed by atoms with van der Waals surface area (Å²) in [5.41, 5.74) is -4.59. The maximum Gasteiger partial charge on any atom is 0.438 e. The predicted molar refractivity (Wildman–Crippen MR) is 107 cm³/mol. The second-order valence-electron chi connectivity index (χ2n) is 8.80. The van der Waals surface area contributed by atoms with E-state index in [2.05, 4.69) is 4.74 Å². The number of ether oxygens (including phenoxy) is 1. The molecule has 0 aromatic heterocycles. The fourth-order valence-electron chi connectivity index (χ4n) is 5.17. The first kappa shape index (κ1) is 24.5. The van der Waals surface area contributed by atoms with E-state index >= 15 is 0 Å². The second kappa shape index (κ2) is 7.45. The summed E-state index contributed by atoms with van der Waals surface area (Å²) in [6, 6.07) is 13.6. The quantitative estimate of drug-likeness (QED) is 0.359. The van der Waals surface area contributed by atoms with Crippen LogP contribution in [0.1, 0.15) is 47.4 Å². The van der Waals surface area contributed by atoms with Crippen molar-refractivity contribution in [3.05, 3.63) is 70.8 Å². The van der Waals surface area contributed by atoms with Crippen LogP contribution in [0.5, 0.6) is 0 Å². The van der Waals surface area contributed by atoms with Gasteiger partial charge in [-0.15, -0.1) is 0 Å². The van der Waals surface area contributed by atoms with E-state index in [1.165, 1.54) is 6.92 Å². The Labute approximate surface area is 190 Å². The highest BCUT2D eigenvalue weighted by Crippen LogP contribution is 2.62. The SMILES string of the molecule is CC1(C(=O)OC(CS(=O)(=O)O)(C(F)(F)F)C(F)(F)F)CC2c3ccccc3C1c1ccccc12. The number of esters is 1. The number of benzene rings is 2. The minimum atomic E-state index is -6.38. The Balaban J connectivity index is 1.86. The van der Waals surface area contributed by atoms with Crippen LogP contribution in [0, 0.1) is 5.41 Å². The number of hydrogen-bond acceptors (Lipinski definition) is 4. The van der Waals surface area contributed by atoms with Gasteiger partial charge in [-0.2, -0.15) is 34.8 Å². The molecule has 0 fully saturated rings. The van der Waals surface area contributed by atoms with Crippen molar-refractivity contribution < 1.29 is 48.8 Å². The second-order valence-corrected chi connectivity index (χ2v) is 10.3. The van der Waals surface area contributed by atoms with Gasteiger partial charge >= 0.3 is 23.9 Å². The van der Waals surface area contributed by atoms with Crippen LogP contribution in [0.2, 0.25) is 0 Å². The highest BCUT2D eigenvalue weighted by atomic mass is 32.2. The first-order valence-corrected chi connectivity index (χ1v) is 11.6. The number of alkyl halides is 6. The van der Waals surface area contributed by atoms with E-state index in [1.807, 2.05) is 0 Å². The number of carbonyl (C=O) groups is 1. The smallest absolute Gasteiger partial charge is 0.438 e. The van der Waals surface area contributed by atoms with Gasteiger partial charge in [0.1, 0.15) is 5.75 Å². The van der Waals surface area contributed by atoms with Gasteiger partial charge in [-0.25, -0.2) is 0 Å². The lowest BCUT2D eigenvalue weighted by Gasteiger charge is -2.51. The molecule has 0 aliphatic heterocycles. The summed E-state index contributed by atoms with van der Waals surface area (Å²) in [6.07, 6.45) is -12.9. The Morgan fingerprint density at radius 2 is 1.35 bits per heavy atom. The Morgan fingerprint density at radius 3 is 1.74 bits per heavy atom. The molecule has 1 atom stereocenters. The molecule has 1 unspecified atom stereocenters. The number of rotatable bonds is 4. The van der Waals surface area contributed by atoms with Crippen molar-refractivity contribution >= 4 is 16.1 Å². The molecular weight excluding hydrogens is 490 g/mol. The summed E-state index contributed by atoms with van der Waals surface area (Å²) in [6.45, 7) is 1.21. The molecule has 5 rings (SSSR count). The zero-order valence-electron chi connectivity index (χ0n) is 17.4. The van der Waals surface area contributed by atoms with E-state index in [4.69, 9.17) is 4.55 Å². The van der Waals surface area contributed by atoms with Crippen LogP contribution in [0.4, 0.5) is 26.3 Å². The Kier molecular flexibility index (Phi) is 5.37. The van der Waals surface area contributed by atoms with E-state index in [0.717, 1.165) is 11.1 Å². The molecule has 1 N–H and O–H groups in total. The zero-order valence-corrected chi connectivity index (χ0v) is 18.3. The van der Waals surface area contributed by atoms with Gasteiger partial charge in [-0.1, -0.05) is 48.5 Å². The average molecular weight is 508 g/mol. The number of fused-ring (bicyclic) bond motifs is 1. The predicted octanol–water partition coefficient (Wildman–Crippen LogP) is 4.97. The number of hydrogen-bond donors (Lipinski definition) is 1. The van der Waals surface area contributed by atoms with Crippen LogP contribution < -0.4 is 0 Å². The Bertz CT molecular complexity index is 1190. The lowest BCUT2D eigenvalue weighted by atomic mass is 9.52. The van der Waals surface area contributed by atoms with Gasteiger partial charge < -0.3 is 4.74 Å².